The lowest BCUT2D eigenvalue weighted by Crippen LogP contribution is -2.04. The monoisotopic (exact) mass is 104 g/mol. The Balaban J connectivity index is 2.98. The van der Waals surface area contributed by atoms with Crippen molar-refractivity contribution in [2.45, 2.75) is 19.4 Å². The van der Waals surface area contributed by atoms with Gasteiger partial charge in [-0.1, -0.05) is 0 Å². The molecule has 0 aromatic carbocycles. The first-order chi connectivity index (χ1) is 3.31. The first-order valence-electron chi connectivity index (χ1n) is 2.05. The minimum atomic E-state index is -0.363. The highest BCUT2D eigenvalue weighted by molar-refractivity contribution is 5.49. The summed E-state index contributed by atoms with van der Waals surface area (Å²) in [6.45, 7) is 1.61. The first-order valence-corrected chi connectivity index (χ1v) is 2.05. The van der Waals surface area contributed by atoms with Crippen LogP contribution in [-0.2, 0) is 9.68 Å². The molecule has 1 N–H and O–H groups in total. The second-order valence-corrected chi connectivity index (χ2v) is 1.32. The van der Waals surface area contributed by atoms with Crippen molar-refractivity contribution >= 4 is 6.29 Å². The first kappa shape index (κ1) is 6.59. The molecule has 0 aliphatic heterocycles. The Bertz CT molecular complexity index is 52.9. The highest BCUT2D eigenvalue weighted by Crippen LogP contribution is 1.88. The molecule has 0 spiro atoms. The van der Waals surface area contributed by atoms with E-state index in [1.54, 1.807) is 6.92 Å². The van der Waals surface area contributed by atoms with Crippen molar-refractivity contribution in [1.82, 2.24) is 0 Å². The summed E-state index contributed by atoms with van der Waals surface area (Å²) in [6.07, 6.45) is 0.578. The van der Waals surface area contributed by atoms with E-state index in [0.29, 0.717) is 6.29 Å². The van der Waals surface area contributed by atoms with Crippen LogP contribution in [0, 0.1) is 0 Å². The Morgan fingerprint density at radius 1 is 2.00 bits per heavy atom. The molecule has 1 atom stereocenters. The minimum absolute atomic E-state index is 0.247. The molecule has 0 heterocycles. The summed E-state index contributed by atoms with van der Waals surface area (Å²) in [4.78, 5) is 13.3. The average molecular weight is 104 g/mol. The zero-order valence-electron chi connectivity index (χ0n) is 4.13. The van der Waals surface area contributed by atoms with Crippen LogP contribution in [0.3, 0.4) is 0 Å². The Kier molecular flexibility index (Phi) is 3.55. The third-order valence-electron chi connectivity index (χ3n) is 0.608. The second kappa shape index (κ2) is 3.77. The predicted molar refractivity (Wildman–Crippen MR) is 23.9 cm³/mol. The summed E-state index contributed by atoms with van der Waals surface area (Å²) < 4.78 is 0. The molecule has 0 aromatic heterocycles. The Morgan fingerprint density at radius 3 is 2.71 bits per heavy atom. The van der Waals surface area contributed by atoms with Gasteiger partial charge in [0, 0.05) is 6.42 Å². The van der Waals surface area contributed by atoms with Crippen LogP contribution in [0.2, 0.25) is 0 Å². The molecule has 0 aliphatic carbocycles. The zero-order valence-corrected chi connectivity index (χ0v) is 4.13. The van der Waals surface area contributed by atoms with Crippen LogP contribution in [0.1, 0.15) is 13.3 Å². The quantitative estimate of drug-likeness (QED) is 0.321. The molecule has 0 bridgehead atoms. The Labute approximate surface area is 41.8 Å². The van der Waals surface area contributed by atoms with Crippen LogP contribution in [0.25, 0.3) is 0 Å². The van der Waals surface area contributed by atoms with Crippen LogP contribution in [0.4, 0.5) is 0 Å². The molecule has 0 saturated carbocycles. The third-order valence-corrected chi connectivity index (χ3v) is 0.608. The van der Waals surface area contributed by atoms with E-state index < -0.39 is 0 Å². The molecule has 0 aliphatic rings. The van der Waals surface area contributed by atoms with Crippen molar-refractivity contribution < 1.29 is 14.9 Å². The molecule has 0 rings (SSSR count). The van der Waals surface area contributed by atoms with Gasteiger partial charge < -0.3 is 4.79 Å². The summed E-state index contributed by atoms with van der Waals surface area (Å²) in [5, 5.41) is 7.81. The van der Waals surface area contributed by atoms with E-state index >= 15 is 0 Å². The van der Waals surface area contributed by atoms with E-state index in [9.17, 15) is 4.79 Å². The molecule has 0 radical (unpaired) electrons. The van der Waals surface area contributed by atoms with E-state index in [1.807, 2.05) is 0 Å². The second-order valence-electron chi connectivity index (χ2n) is 1.32. The smallest absolute Gasteiger partial charge is 0.122 e. The minimum Gasteiger partial charge on any atom is -0.303 e. The molecule has 42 valence electrons. The summed E-state index contributed by atoms with van der Waals surface area (Å²) in [5.41, 5.74) is 0. The van der Waals surface area contributed by atoms with Crippen molar-refractivity contribution in [3.63, 3.8) is 0 Å². The molecule has 0 amide bonds. The summed E-state index contributed by atoms with van der Waals surface area (Å²) in [5.74, 6) is 0. The highest BCUT2D eigenvalue weighted by Gasteiger charge is 1.95. The summed E-state index contributed by atoms with van der Waals surface area (Å²) in [7, 11) is 0. The predicted octanol–water partition coefficient (Wildman–Crippen LogP) is 0.453. The van der Waals surface area contributed by atoms with Crippen molar-refractivity contribution in [2.75, 3.05) is 0 Å². The van der Waals surface area contributed by atoms with Gasteiger partial charge in [0.1, 0.15) is 6.29 Å². The van der Waals surface area contributed by atoms with Gasteiger partial charge in [-0.15, -0.1) is 0 Å². The lowest BCUT2D eigenvalue weighted by Gasteiger charge is -1.97. The molecular formula is C4H8O3. The normalized spacial score (nSPS) is 13.4. The number of rotatable bonds is 3. The maximum Gasteiger partial charge on any atom is 0.122 e. The van der Waals surface area contributed by atoms with E-state index in [4.69, 9.17) is 5.26 Å². The van der Waals surface area contributed by atoms with Gasteiger partial charge in [-0.2, -0.15) is 0 Å². The fourth-order valence-corrected chi connectivity index (χ4v) is 0.179. The maximum atomic E-state index is 9.58. The maximum absolute atomic E-state index is 9.58. The van der Waals surface area contributed by atoms with Gasteiger partial charge in [-0.05, 0) is 6.92 Å². The lowest BCUT2D eigenvalue weighted by atomic mass is 10.3. The van der Waals surface area contributed by atoms with Crippen molar-refractivity contribution in [3.8, 4) is 0 Å². The zero-order chi connectivity index (χ0) is 5.70. The van der Waals surface area contributed by atoms with E-state index in [1.165, 1.54) is 0 Å². The standard InChI is InChI=1S/C4H8O3/c1-4(7-6)2-3-5/h3-4,6H,2H2,1H3. The third kappa shape index (κ3) is 3.42. The molecule has 7 heavy (non-hydrogen) atoms. The molecule has 3 heteroatoms. The van der Waals surface area contributed by atoms with Crippen LogP contribution < -0.4 is 0 Å². The number of carbonyl (C=O) groups is 1. The van der Waals surface area contributed by atoms with Crippen molar-refractivity contribution in [3.05, 3.63) is 0 Å². The number of aldehydes is 1. The molecule has 0 aromatic rings. The van der Waals surface area contributed by atoms with Gasteiger partial charge in [0.25, 0.3) is 0 Å². The average Bonchev–Trinajstić information content (AvgIpc) is 1.68. The van der Waals surface area contributed by atoms with Gasteiger partial charge in [0.05, 0.1) is 6.10 Å². The van der Waals surface area contributed by atoms with Crippen molar-refractivity contribution in [1.29, 1.82) is 0 Å². The molecule has 3 nitrogen and oxygen atoms in total. The SMILES string of the molecule is CC(CC=O)OO. The van der Waals surface area contributed by atoms with Crippen LogP contribution >= 0.6 is 0 Å². The molecule has 0 saturated heterocycles. The molecule has 1 unspecified atom stereocenters. The number of carbonyl (C=O) groups excluding carboxylic acids is 1. The van der Waals surface area contributed by atoms with Gasteiger partial charge in [0.15, 0.2) is 0 Å². The van der Waals surface area contributed by atoms with Gasteiger partial charge in [0.2, 0.25) is 0 Å². The fraction of sp³-hybridized carbons (Fsp3) is 0.750. The van der Waals surface area contributed by atoms with Crippen LogP contribution in [0.15, 0.2) is 0 Å². The van der Waals surface area contributed by atoms with E-state index in [2.05, 4.69) is 4.89 Å². The summed E-state index contributed by atoms with van der Waals surface area (Å²) in [6, 6.07) is 0. The van der Waals surface area contributed by atoms with E-state index in [0.717, 1.165) is 0 Å². The van der Waals surface area contributed by atoms with Gasteiger partial charge in [-0.3, -0.25) is 5.26 Å². The Hall–Kier alpha value is -0.410. The largest absolute Gasteiger partial charge is 0.303 e. The van der Waals surface area contributed by atoms with Crippen LogP contribution in [-0.4, -0.2) is 17.6 Å². The number of hydrogen-bond acceptors (Lipinski definition) is 3. The number of hydrogen-bond donors (Lipinski definition) is 1. The van der Waals surface area contributed by atoms with Gasteiger partial charge in [-0.25, -0.2) is 4.89 Å². The fourth-order valence-electron chi connectivity index (χ4n) is 0.179. The van der Waals surface area contributed by atoms with Crippen molar-refractivity contribution in [2.24, 2.45) is 0 Å². The van der Waals surface area contributed by atoms with E-state index in [-0.39, 0.29) is 12.5 Å². The lowest BCUT2D eigenvalue weighted by molar-refractivity contribution is -0.272. The Morgan fingerprint density at radius 2 is 2.57 bits per heavy atom. The summed E-state index contributed by atoms with van der Waals surface area (Å²) >= 11 is 0. The van der Waals surface area contributed by atoms with Crippen LogP contribution in [0.5, 0.6) is 0 Å². The molecule has 0 fully saturated rings. The topological polar surface area (TPSA) is 46.5 Å². The van der Waals surface area contributed by atoms with Gasteiger partial charge >= 0.3 is 0 Å². The highest BCUT2D eigenvalue weighted by atomic mass is 17.1. The molecular weight excluding hydrogens is 96.0 g/mol.